The molecule has 1 atom stereocenters. The highest BCUT2D eigenvalue weighted by Crippen LogP contribution is 2.17. The van der Waals surface area contributed by atoms with Gasteiger partial charge in [0, 0.05) is 30.7 Å². The fraction of sp³-hybridized carbons (Fsp3) is 0.500. The zero-order chi connectivity index (χ0) is 12.1. The van der Waals surface area contributed by atoms with E-state index < -0.39 is 0 Å². The summed E-state index contributed by atoms with van der Waals surface area (Å²) in [6.07, 6.45) is 5.93. The van der Waals surface area contributed by atoms with E-state index >= 15 is 0 Å². The van der Waals surface area contributed by atoms with Gasteiger partial charge in [-0.15, -0.1) is 11.3 Å². The molecule has 5 heteroatoms. The molecule has 2 aromatic rings. The average Bonchev–Trinajstić information content (AvgIpc) is 2.97. The van der Waals surface area contributed by atoms with Crippen LogP contribution in [0.1, 0.15) is 30.9 Å². The molecule has 0 aliphatic rings. The molecule has 2 heterocycles. The summed E-state index contributed by atoms with van der Waals surface area (Å²) in [6.45, 7) is 3.21. The van der Waals surface area contributed by atoms with Crippen LogP contribution in [0.2, 0.25) is 0 Å². The summed E-state index contributed by atoms with van der Waals surface area (Å²) in [5, 5.41) is 5.39. The third-order valence-corrected chi connectivity index (χ3v) is 3.41. The second-order valence-electron chi connectivity index (χ2n) is 4.00. The molecule has 1 N–H and O–H groups in total. The second-order valence-corrected chi connectivity index (χ2v) is 4.71. The molecule has 92 valence electrons. The van der Waals surface area contributed by atoms with Gasteiger partial charge in [0.2, 0.25) is 0 Å². The lowest BCUT2D eigenvalue weighted by Gasteiger charge is -2.14. The number of nitrogens with one attached hydrogen (secondary N) is 1. The summed E-state index contributed by atoms with van der Waals surface area (Å²) >= 11 is 1.63. The molecule has 0 fully saturated rings. The van der Waals surface area contributed by atoms with Crippen molar-refractivity contribution in [3.05, 3.63) is 34.8 Å². The van der Waals surface area contributed by atoms with Crippen LogP contribution < -0.4 is 5.32 Å². The van der Waals surface area contributed by atoms with Gasteiger partial charge in [0.15, 0.2) is 0 Å². The number of imidazole rings is 1. The van der Waals surface area contributed by atoms with Crippen molar-refractivity contribution in [1.82, 2.24) is 19.9 Å². The second kappa shape index (κ2) is 5.93. The first kappa shape index (κ1) is 12.3. The lowest BCUT2D eigenvalue weighted by molar-refractivity contribution is 0.535. The van der Waals surface area contributed by atoms with E-state index in [1.165, 1.54) is 0 Å². The third-order valence-electron chi connectivity index (χ3n) is 2.81. The van der Waals surface area contributed by atoms with Gasteiger partial charge in [0.1, 0.15) is 5.82 Å². The molecule has 0 radical (unpaired) electrons. The van der Waals surface area contributed by atoms with Gasteiger partial charge in [0.25, 0.3) is 0 Å². The van der Waals surface area contributed by atoms with Crippen molar-refractivity contribution < 1.29 is 0 Å². The molecule has 0 amide bonds. The van der Waals surface area contributed by atoms with Crippen LogP contribution >= 0.6 is 11.3 Å². The van der Waals surface area contributed by atoms with Gasteiger partial charge in [-0.25, -0.2) is 9.97 Å². The highest BCUT2D eigenvalue weighted by molar-refractivity contribution is 7.07. The zero-order valence-electron chi connectivity index (χ0n) is 10.3. The molecular weight excluding hydrogens is 232 g/mol. The molecule has 17 heavy (non-hydrogen) atoms. The summed E-state index contributed by atoms with van der Waals surface area (Å²) in [5.41, 5.74) is 2.97. The van der Waals surface area contributed by atoms with Crippen molar-refractivity contribution >= 4 is 11.3 Å². The van der Waals surface area contributed by atoms with Crippen molar-refractivity contribution in [2.24, 2.45) is 0 Å². The van der Waals surface area contributed by atoms with E-state index in [2.05, 4.69) is 32.2 Å². The van der Waals surface area contributed by atoms with Crippen molar-refractivity contribution in [2.45, 2.75) is 32.4 Å². The SMILES string of the molecule is CCCn1ccnc1CC(NC)c1cscn1. The van der Waals surface area contributed by atoms with Gasteiger partial charge in [-0.3, -0.25) is 0 Å². The molecule has 0 saturated heterocycles. The minimum atomic E-state index is 0.249. The Morgan fingerprint density at radius 1 is 1.47 bits per heavy atom. The fourth-order valence-corrected chi connectivity index (χ4v) is 2.51. The standard InChI is InChI=1S/C12H18N4S/c1-3-5-16-6-4-14-12(16)7-10(13-2)11-8-17-9-15-11/h4,6,8-10,13H,3,5,7H2,1-2H3. The minimum Gasteiger partial charge on any atom is -0.335 e. The smallest absolute Gasteiger partial charge is 0.110 e. The maximum absolute atomic E-state index is 4.43. The van der Waals surface area contributed by atoms with Crippen molar-refractivity contribution in [1.29, 1.82) is 0 Å². The van der Waals surface area contributed by atoms with E-state index in [-0.39, 0.29) is 6.04 Å². The Balaban J connectivity index is 2.10. The van der Waals surface area contributed by atoms with E-state index in [4.69, 9.17) is 0 Å². The number of rotatable bonds is 6. The van der Waals surface area contributed by atoms with Crippen LogP contribution in [-0.4, -0.2) is 21.6 Å². The highest BCUT2D eigenvalue weighted by atomic mass is 32.1. The maximum Gasteiger partial charge on any atom is 0.110 e. The van der Waals surface area contributed by atoms with Gasteiger partial charge in [-0.05, 0) is 13.5 Å². The molecular formula is C12H18N4S. The highest BCUT2D eigenvalue weighted by Gasteiger charge is 2.14. The molecule has 0 bridgehead atoms. The van der Waals surface area contributed by atoms with E-state index in [9.17, 15) is 0 Å². The number of thiazole rings is 1. The van der Waals surface area contributed by atoms with Crippen LogP contribution in [-0.2, 0) is 13.0 Å². The molecule has 0 aromatic carbocycles. The molecule has 0 aliphatic heterocycles. The molecule has 2 rings (SSSR count). The van der Waals surface area contributed by atoms with E-state index in [1.807, 2.05) is 25.0 Å². The van der Waals surface area contributed by atoms with Gasteiger partial charge in [-0.1, -0.05) is 6.92 Å². The van der Waals surface area contributed by atoms with Gasteiger partial charge in [0.05, 0.1) is 17.2 Å². The van der Waals surface area contributed by atoms with Crippen molar-refractivity contribution in [3.63, 3.8) is 0 Å². The largest absolute Gasteiger partial charge is 0.335 e. The van der Waals surface area contributed by atoms with Gasteiger partial charge < -0.3 is 9.88 Å². The number of aryl methyl sites for hydroxylation is 1. The third kappa shape index (κ3) is 2.92. The Morgan fingerprint density at radius 3 is 3.00 bits per heavy atom. The average molecular weight is 250 g/mol. The number of hydrogen-bond donors (Lipinski definition) is 1. The number of nitrogens with zero attached hydrogens (tertiary/aromatic N) is 3. The van der Waals surface area contributed by atoms with E-state index in [1.54, 1.807) is 11.3 Å². The monoisotopic (exact) mass is 250 g/mol. The Labute approximate surface area is 106 Å². The first-order valence-corrected chi connectivity index (χ1v) is 6.84. The Kier molecular flexibility index (Phi) is 4.28. The molecule has 0 saturated carbocycles. The first-order valence-electron chi connectivity index (χ1n) is 5.90. The predicted molar refractivity (Wildman–Crippen MR) is 70.1 cm³/mol. The summed E-state index contributed by atoms with van der Waals surface area (Å²) in [4.78, 5) is 8.79. The maximum atomic E-state index is 4.43. The summed E-state index contributed by atoms with van der Waals surface area (Å²) in [6, 6.07) is 0.249. The van der Waals surface area contributed by atoms with Crippen LogP contribution in [0.15, 0.2) is 23.3 Å². The van der Waals surface area contributed by atoms with Crippen LogP contribution in [0.4, 0.5) is 0 Å². The summed E-state index contributed by atoms with van der Waals surface area (Å²) in [7, 11) is 1.97. The number of hydrogen-bond acceptors (Lipinski definition) is 4. The Morgan fingerprint density at radius 2 is 2.35 bits per heavy atom. The normalized spacial score (nSPS) is 12.8. The summed E-state index contributed by atoms with van der Waals surface area (Å²) < 4.78 is 2.22. The minimum absolute atomic E-state index is 0.249. The van der Waals surface area contributed by atoms with Crippen LogP contribution in [0, 0.1) is 0 Å². The summed E-state index contributed by atoms with van der Waals surface area (Å²) in [5.74, 6) is 1.12. The fourth-order valence-electron chi connectivity index (χ4n) is 1.91. The molecule has 1 unspecified atom stereocenters. The predicted octanol–water partition coefficient (Wildman–Crippen LogP) is 2.25. The lowest BCUT2D eigenvalue weighted by atomic mass is 10.1. The van der Waals surface area contributed by atoms with Gasteiger partial charge in [-0.2, -0.15) is 0 Å². The topological polar surface area (TPSA) is 42.7 Å². The zero-order valence-corrected chi connectivity index (χ0v) is 11.1. The quantitative estimate of drug-likeness (QED) is 0.855. The molecule has 2 aromatic heterocycles. The number of aromatic nitrogens is 3. The molecule has 4 nitrogen and oxygen atoms in total. The number of likely N-dealkylation sites (N-methyl/N-ethyl adjacent to an activating group) is 1. The Hall–Kier alpha value is -1.20. The molecule has 0 spiro atoms. The van der Waals surface area contributed by atoms with Gasteiger partial charge >= 0.3 is 0 Å². The van der Waals surface area contributed by atoms with E-state index in [0.717, 1.165) is 30.9 Å². The van der Waals surface area contributed by atoms with Crippen LogP contribution in [0.3, 0.4) is 0 Å². The van der Waals surface area contributed by atoms with Crippen molar-refractivity contribution in [2.75, 3.05) is 7.05 Å². The van der Waals surface area contributed by atoms with Crippen LogP contribution in [0.5, 0.6) is 0 Å². The van der Waals surface area contributed by atoms with E-state index in [0.29, 0.717) is 0 Å². The first-order chi connectivity index (χ1) is 8.35. The van der Waals surface area contributed by atoms with Crippen molar-refractivity contribution in [3.8, 4) is 0 Å². The molecule has 0 aliphatic carbocycles. The lowest BCUT2D eigenvalue weighted by Crippen LogP contribution is -2.21. The van der Waals surface area contributed by atoms with Crippen LogP contribution in [0.25, 0.3) is 0 Å². The Bertz CT molecular complexity index is 435.